The molecule has 0 aromatic carbocycles. The molecule has 6 heteroatoms. The number of halogens is 1. The van der Waals surface area contributed by atoms with Crippen LogP contribution >= 0.6 is 11.6 Å². The Morgan fingerprint density at radius 2 is 2.21 bits per heavy atom. The smallest absolute Gasteiger partial charge is 0.339 e. The van der Waals surface area contributed by atoms with E-state index in [2.05, 4.69) is 15.2 Å². The van der Waals surface area contributed by atoms with Gasteiger partial charge in [0.05, 0.1) is 0 Å². The molecule has 1 fully saturated rings. The lowest BCUT2D eigenvalue weighted by atomic mass is 10.2. The van der Waals surface area contributed by atoms with Gasteiger partial charge < -0.3 is 15.3 Å². The van der Waals surface area contributed by atoms with Crippen molar-refractivity contribution in [2.75, 3.05) is 25.0 Å². The number of hydrogen-bond donors (Lipinski definition) is 2. The second kappa shape index (κ2) is 6.21. The molecule has 2 rings (SSSR count). The predicted molar refractivity (Wildman–Crippen MR) is 75.0 cm³/mol. The van der Waals surface area contributed by atoms with Crippen molar-refractivity contribution in [2.24, 2.45) is 0 Å². The topological polar surface area (TPSA) is 65.5 Å². The lowest BCUT2D eigenvalue weighted by Crippen LogP contribution is -2.33. The molecule has 0 spiro atoms. The van der Waals surface area contributed by atoms with Crippen molar-refractivity contribution < 1.29 is 9.90 Å². The third kappa shape index (κ3) is 3.81. The molecule has 0 aliphatic carbocycles. The number of aromatic nitrogens is 1. The minimum atomic E-state index is -1.000. The minimum absolute atomic E-state index is 0.127. The third-order valence-corrected chi connectivity index (χ3v) is 3.42. The van der Waals surface area contributed by atoms with Crippen molar-refractivity contribution in [3.05, 3.63) is 22.8 Å². The highest BCUT2D eigenvalue weighted by Gasteiger charge is 2.17. The zero-order valence-corrected chi connectivity index (χ0v) is 11.7. The van der Waals surface area contributed by atoms with E-state index in [9.17, 15) is 4.79 Å². The van der Waals surface area contributed by atoms with E-state index >= 15 is 0 Å². The number of rotatable bonds is 5. The van der Waals surface area contributed by atoms with Gasteiger partial charge >= 0.3 is 5.97 Å². The van der Waals surface area contributed by atoms with E-state index in [0.29, 0.717) is 11.0 Å². The molecule has 0 bridgehead atoms. The first-order valence-electron chi connectivity index (χ1n) is 6.45. The van der Waals surface area contributed by atoms with Gasteiger partial charge in [0.1, 0.15) is 16.5 Å². The van der Waals surface area contributed by atoms with Crippen LogP contribution in [0.2, 0.25) is 5.15 Å². The van der Waals surface area contributed by atoms with Gasteiger partial charge in [-0.25, -0.2) is 9.78 Å². The van der Waals surface area contributed by atoms with E-state index in [4.69, 9.17) is 16.7 Å². The largest absolute Gasteiger partial charge is 0.478 e. The number of carboxylic acids is 1. The molecule has 104 valence electrons. The Hall–Kier alpha value is -1.33. The van der Waals surface area contributed by atoms with Crippen LogP contribution in [0.4, 0.5) is 5.82 Å². The van der Waals surface area contributed by atoms with Gasteiger partial charge in [-0.15, -0.1) is 0 Å². The van der Waals surface area contributed by atoms with Crippen LogP contribution < -0.4 is 5.32 Å². The monoisotopic (exact) mass is 283 g/mol. The van der Waals surface area contributed by atoms with Crippen LogP contribution in [0.1, 0.15) is 30.1 Å². The van der Waals surface area contributed by atoms with Crippen LogP contribution in [0.15, 0.2) is 12.1 Å². The van der Waals surface area contributed by atoms with Crippen molar-refractivity contribution in [3.8, 4) is 0 Å². The molecular weight excluding hydrogens is 266 g/mol. The molecule has 1 unspecified atom stereocenters. The van der Waals surface area contributed by atoms with Gasteiger partial charge in [0, 0.05) is 12.6 Å². The first kappa shape index (κ1) is 14.1. The van der Waals surface area contributed by atoms with Crippen molar-refractivity contribution >= 4 is 23.4 Å². The molecule has 1 saturated heterocycles. The van der Waals surface area contributed by atoms with E-state index in [1.165, 1.54) is 25.0 Å². The fourth-order valence-electron chi connectivity index (χ4n) is 2.35. The summed E-state index contributed by atoms with van der Waals surface area (Å²) in [6, 6.07) is 3.09. The molecular formula is C13H18ClN3O2. The molecule has 2 heterocycles. The molecule has 0 saturated carbocycles. The van der Waals surface area contributed by atoms with Gasteiger partial charge in [0.25, 0.3) is 0 Å². The molecule has 1 aromatic heterocycles. The maximum atomic E-state index is 11.1. The average Bonchev–Trinajstić information content (AvgIpc) is 2.81. The molecule has 19 heavy (non-hydrogen) atoms. The molecule has 0 amide bonds. The average molecular weight is 284 g/mol. The Kier molecular flexibility index (Phi) is 4.61. The van der Waals surface area contributed by atoms with Crippen LogP contribution in [0.3, 0.4) is 0 Å². The minimum Gasteiger partial charge on any atom is -0.478 e. The summed E-state index contributed by atoms with van der Waals surface area (Å²) in [7, 11) is 0. The van der Waals surface area contributed by atoms with Gasteiger partial charge in [0.15, 0.2) is 0 Å². The Morgan fingerprint density at radius 3 is 2.84 bits per heavy atom. The SMILES string of the molecule is CC(CN1CCCC1)Nc1nc(Cl)ccc1C(=O)O. The van der Waals surface area contributed by atoms with Gasteiger partial charge in [-0.1, -0.05) is 11.6 Å². The Labute approximate surface area is 117 Å². The van der Waals surface area contributed by atoms with Crippen molar-refractivity contribution in [1.82, 2.24) is 9.88 Å². The maximum Gasteiger partial charge on any atom is 0.339 e. The van der Waals surface area contributed by atoms with Crippen molar-refractivity contribution in [3.63, 3.8) is 0 Å². The first-order valence-corrected chi connectivity index (χ1v) is 6.83. The van der Waals surface area contributed by atoms with E-state index < -0.39 is 5.97 Å². The zero-order valence-electron chi connectivity index (χ0n) is 10.9. The third-order valence-electron chi connectivity index (χ3n) is 3.21. The highest BCUT2D eigenvalue weighted by atomic mass is 35.5. The summed E-state index contributed by atoms with van der Waals surface area (Å²) in [5, 5.41) is 12.6. The van der Waals surface area contributed by atoms with E-state index in [1.54, 1.807) is 0 Å². The number of likely N-dealkylation sites (tertiary alicyclic amines) is 1. The Balaban J connectivity index is 2.04. The molecule has 5 nitrogen and oxygen atoms in total. The Morgan fingerprint density at radius 1 is 1.53 bits per heavy atom. The lowest BCUT2D eigenvalue weighted by molar-refractivity contribution is 0.0697. The van der Waals surface area contributed by atoms with E-state index in [1.807, 2.05) is 6.92 Å². The molecule has 1 aliphatic rings. The summed E-state index contributed by atoms with van der Waals surface area (Å²) < 4.78 is 0. The quantitative estimate of drug-likeness (QED) is 0.812. The zero-order chi connectivity index (χ0) is 13.8. The van der Waals surface area contributed by atoms with E-state index in [0.717, 1.165) is 19.6 Å². The summed E-state index contributed by atoms with van der Waals surface area (Å²) in [5.74, 6) is -0.660. The van der Waals surface area contributed by atoms with Gasteiger partial charge in [-0.2, -0.15) is 0 Å². The molecule has 1 aliphatic heterocycles. The number of nitrogens with one attached hydrogen (secondary N) is 1. The summed E-state index contributed by atoms with van der Waals surface area (Å²) in [4.78, 5) is 17.6. The standard InChI is InChI=1S/C13H18ClN3O2/c1-9(8-17-6-2-3-7-17)15-12-10(13(18)19)4-5-11(14)16-12/h4-5,9H,2-3,6-8H2,1H3,(H,15,16)(H,18,19). The molecule has 0 radical (unpaired) electrons. The Bertz CT molecular complexity index is 461. The number of carboxylic acid groups (broad SMARTS) is 1. The van der Waals surface area contributed by atoms with Crippen LogP contribution in [0, 0.1) is 0 Å². The molecule has 1 aromatic rings. The number of anilines is 1. The fourth-order valence-corrected chi connectivity index (χ4v) is 2.50. The number of aromatic carboxylic acids is 1. The fraction of sp³-hybridized carbons (Fsp3) is 0.538. The number of pyridine rings is 1. The highest BCUT2D eigenvalue weighted by molar-refractivity contribution is 6.29. The summed E-state index contributed by atoms with van der Waals surface area (Å²) >= 11 is 5.82. The maximum absolute atomic E-state index is 11.1. The van der Waals surface area contributed by atoms with Crippen LogP contribution in [-0.2, 0) is 0 Å². The van der Waals surface area contributed by atoms with Crippen LogP contribution in [-0.4, -0.2) is 46.6 Å². The number of carbonyl (C=O) groups is 1. The predicted octanol–water partition coefficient (Wildman–Crippen LogP) is 2.33. The summed E-state index contributed by atoms with van der Waals surface area (Å²) in [6.45, 7) is 5.13. The first-order chi connectivity index (χ1) is 9.06. The van der Waals surface area contributed by atoms with Crippen molar-refractivity contribution in [1.29, 1.82) is 0 Å². The summed E-state index contributed by atoms with van der Waals surface area (Å²) in [6.07, 6.45) is 2.48. The molecule has 2 N–H and O–H groups in total. The second-order valence-corrected chi connectivity index (χ2v) is 5.28. The number of nitrogens with zero attached hydrogens (tertiary/aromatic N) is 2. The van der Waals surface area contributed by atoms with Crippen LogP contribution in [0.25, 0.3) is 0 Å². The summed E-state index contributed by atoms with van der Waals surface area (Å²) in [5.41, 5.74) is 0.151. The molecule has 1 atom stereocenters. The highest BCUT2D eigenvalue weighted by Crippen LogP contribution is 2.18. The second-order valence-electron chi connectivity index (χ2n) is 4.89. The van der Waals surface area contributed by atoms with Gasteiger partial charge in [0.2, 0.25) is 0 Å². The normalized spacial score (nSPS) is 17.4. The number of hydrogen-bond acceptors (Lipinski definition) is 4. The van der Waals surface area contributed by atoms with Crippen LogP contribution in [0.5, 0.6) is 0 Å². The van der Waals surface area contributed by atoms with Crippen molar-refractivity contribution in [2.45, 2.75) is 25.8 Å². The van der Waals surface area contributed by atoms with E-state index in [-0.39, 0.29) is 11.6 Å². The van der Waals surface area contributed by atoms with Gasteiger partial charge in [-0.05, 0) is 45.0 Å². The van der Waals surface area contributed by atoms with Gasteiger partial charge in [-0.3, -0.25) is 0 Å². The lowest BCUT2D eigenvalue weighted by Gasteiger charge is -2.22.